The number of carbonyl (C=O) groups is 2. The van der Waals surface area contributed by atoms with Crippen molar-refractivity contribution in [1.29, 1.82) is 0 Å². The van der Waals surface area contributed by atoms with Crippen LogP contribution in [0.4, 0.5) is 0 Å². The predicted molar refractivity (Wildman–Crippen MR) is 212 cm³/mol. The van der Waals surface area contributed by atoms with Crippen molar-refractivity contribution in [1.82, 2.24) is 0 Å². The van der Waals surface area contributed by atoms with Crippen molar-refractivity contribution >= 4 is 19.8 Å². The van der Waals surface area contributed by atoms with Gasteiger partial charge in [-0.3, -0.25) is 18.6 Å². The lowest BCUT2D eigenvalue weighted by atomic mass is 10.1. The summed E-state index contributed by atoms with van der Waals surface area (Å²) in [6, 6.07) is -1.47. The molecule has 0 aromatic rings. The molecule has 0 fully saturated rings. The number of allylic oxidation sites excluding steroid dienone is 4. The van der Waals surface area contributed by atoms with Crippen molar-refractivity contribution in [2.24, 2.45) is 5.73 Å². The number of phosphoric acid groups is 1. The van der Waals surface area contributed by atoms with Crippen molar-refractivity contribution in [2.45, 2.75) is 199 Å². The molecule has 11 heteroatoms. The van der Waals surface area contributed by atoms with E-state index in [0.29, 0.717) is 13.0 Å². The van der Waals surface area contributed by atoms with E-state index in [-0.39, 0.29) is 13.0 Å². The van der Waals surface area contributed by atoms with Crippen molar-refractivity contribution in [3.8, 4) is 0 Å². The van der Waals surface area contributed by atoms with Crippen LogP contribution in [0.15, 0.2) is 24.3 Å². The number of aliphatic carboxylic acids is 1. The molecule has 0 saturated heterocycles. The van der Waals surface area contributed by atoms with Gasteiger partial charge >= 0.3 is 19.8 Å². The Morgan fingerprint density at radius 1 is 0.596 bits per heavy atom. The fourth-order valence-electron chi connectivity index (χ4n) is 5.65. The van der Waals surface area contributed by atoms with Gasteiger partial charge in [-0.15, -0.1) is 0 Å². The molecular weight excluding hydrogens is 681 g/mol. The normalized spacial score (nSPS) is 14.2. The Hall–Kier alpha value is -1.55. The van der Waals surface area contributed by atoms with Crippen LogP contribution in [0.3, 0.4) is 0 Å². The van der Waals surface area contributed by atoms with Crippen LogP contribution in [0.2, 0.25) is 0 Å². The Labute approximate surface area is 317 Å². The van der Waals surface area contributed by atoms with Gasteiger partial charge in [0.25, 0.3) is 0 Å². The largest absolute Gasteiger partial charge is 0.480 e. The van der Waals surface area contributed by atoms with E-state index in [4.69, 9.17) is 29.4 Å². The molecule has 0 rings (SSSR count). The molecule has 0 saturated carbocycles. The average molecular weight is 760 g/mol. The molecule has 0 heterocycles. The summed E-state index contributed by atoms with van der Waals surface area (Å²) >= 11 is 0. The molecule has 3 unspecified atom stereocenters. The Kier molecular flexibility index (Phi) is 36.6. The van der Waals surface area contributed by atoms with Gasteiger partial charge in [-0.25, -0.2) is 4.57 Å². The van der Waals surface area contributed by atoms with E-state index in [2.05, 4.69) is 38.2 Å². The van der Waals surface area contributed by atoms with E-state index in [0.717, 1.165) is 51.4 Å². The smallest absolute Gasteiger partial charge is 0.472 e. The minimum atomic E-state index is -4.61. The fraction of sp³-hybridized carbons (Fsp3) is 0.854. The molecule has 4 N–H and O–H groups in total. The summed E-state index contributed by atoms with van der Waals surface area (Å²) in [6.07, 6.45) is 39.4. The molecule has 0 aromatic heterocycles. The lowest BCUT2D eigenvalue weighted by molar-refractivity contribution is -0.154. The molecule has 0 spiro atoms. The summed E-state index contributed by atoms with van der Waals surface area (Å²) in [5.41, 5.74) is 5.35. The SMILES string of the molecule is CCCCC/C=C\CCCCCCCCOCC(COP(=O)(O)OCC(N)C(=O)O)OC(=O)CCCCCCCCC/C=C\CCCCCCCC. The van der Waals surface area contributed by atoms with Crippen molar-refractivity contribution in [2.75, 3.05) is 26.4 Å². The van der Waals surface area contributed by atoms with Crippen LogP contribution in [-0.4, -0.2) is 60.5 Å². The van der Waals surface area contributed by atoms with Crippen LogP contribution in [0.5, 0.6) is 0 Å². The highest BCUT2D eigenvalue weighted by Crippen LogP contribution is 2.43. The standard InChI is InChI=1S/C41H78NO9P/c1-3-5-7-9-11-13-15-17-18-19-20-21-23-25-27-29-31-33-40(43)51-38(36-49-52(46,47)50-37-39(42)41(44)45)35-48-34-32-30-28-26-24-22-16-14-12-10-8-6-4-2/h12,14,17-18,38-39H,3-11,13,15-16,19-37,42H2,1-2H3,(H,44,45)(H,46,47)/b14-12-,18-17-. The van der Waals surface area contributed by atoms with Crippen LogP contribution in [0.25, 0.3) is 0 Å². The summed E-state index contributed by atoms with van der Waals surface area (Å²) < 4.78 is 33.3. The molecule has 0 aliphatic rings. The summed E-state index contributed by atoms with van der Waals surface area (Å²) in [5.74, 6) is -1.78. The third kappa shape index (κ3) is 36.8. The number of hydrogen-bond acceptors (Lipinski definition) is 8. The minimum absolute atomic E-state index is 0.0131. The second-order valence-electron chi connectivity index (χ2n) is 14.1. The van der Waals surface area contributed by atoms with Crippen LogP contribution in [0.1, 0.15) is 187 Å². The van der Waals surface area contributed by atoms with Gasteiger partial charge in [0.15, 0.2) is 0 Å². The Balaban J connectivity index is 4.26. The highest BCUT2D eigenvalue weighted by Gasteiger charge is 2.27. The summed E-state index contributed by atoms with van der Waals surface area (Å²) in [7, 11) is -4.61. The Bertz CT molecular complexity index is 930. The molecule has 10 nitrogen and oxygen atoms in total. The fourth-order valence-corrected chi connectivity index (χ4v) is 6.43. The van der Waals surface area contributed by atoms with Gasteiger partial charge in [0, 0.05) is 13.0 Å². The van der Waals surface area contributed by atoms with Crippen molar-refractivity contribution < 1.29 is 42.7 Å². The molecule has 52 heavy (non-hydrogen) atoms. The molecule has 306 valence electrons. The lowest BCUT2D eigenvalue weighted by Crippen LogP contribution is -2.34. The predicted octanol–water partition coefficient (Wildman–Crippen LogP) is 11.1. The molecule has 0 radical (unpaired) electrons. The van der Waals surface area contributed by atoms with Crippen LogP contribution in [0, 0.1) is 0 Å². The number of hydrogen-bond donors (Lipinski definition) is 3. The number of unbranched alkanes of at least 4 members (excludes halogenated alkanes) is 22. The number of rotatable bonds is 40. The molecule has 0 aromatic carbocycles. The average Bonchev–Trinajstić information content (AvgIpc) is 3.12. The van der Waals surface area contributed by atoms with E-state index >= 15 is 0 Å². The highest BCUT2D eigenvalue weighted by atomic mass is 31.2. The van der Waals surface area contributed by atoms with Gasteiger partial charge in [0.1, 0.15) is 12.1 Å². The highest BCUT2D eigenvalue weighted by molar-refractivity contribution is 7.47. The number of ether oxygens (including phenoxy) is 2. The van der Waals surface area contributed by atoms with Crippen LogP contribution in [-0.2, 0) is 32.7 Å². The number of carbonyl (C=O) groups excluding carboxylic acids is 1. The van der Waals surface area contributed by atoms with Gasteiger partial charge in [0.05, 0.1) is 19.8 Å². The lowest BCUT2D eigenvalue weighted by Gasteiger charge is -2.20. The summed E-state index contributed by atoms with van der Waals surface area (Å²) in [4.78, 5) is 33.5. The van der Waals surface area contributed by atoms with Crippen molar-refractivity contribution in [3.63, 3.8) is 0 Å². The van der Waals surface area contributed by atoms with Gasteiger partial charge < -0.3 is 25.2 Å². The number of phosphoric ester groups is 1. The number of carboxylic acid groups (broad SMARTS) is 1. The van der Waals surface area contributed by atoms with Crippen LogP contribution >= 0.6 is 7.82 Å². The first-order chi connectivity index (χ1) is 25.2. The quantitative estimate of drug-likeness (QED) is 0.0238. The first kappa shape index (κ1) is 50.5. The third-order valence-electron chi connectivity index (χ3n) is 8.95. The van der Waals surface area contributed by atoms with E-state index in [1.54, 1.807) is 0 Å². The number of nitrogens with two attached hydrogens (primary N) is 1. The van der Waals surface area contributed by atoms with Crippen molar-refractivity contribution in [3.05, 3.63) is 24.3 Å². The van der Waals surface area contributed by atoms with Gasteiger partial charge in [-0.2, -0.15) is 0 Å². The topological polar surface area (TPSA) is 155 Å². The zero-order valence-corrected chi connectivity index (χ0v) is 34.1. The van der Waals surface area contributed by atoms with E-state index in [1.165, 1.54) is 109 Å². The zero-order valence-electron chi connectivity index (χ0n) is 33.2. The Morgan fingerprint density at radius 2 is 1.00 bits per heavy atom. The first-order valence-electron chi connectivity index (χ1n) is 20.9. The van der Waals surface area contributed by atoms with Gasteiger partial charge in [-0.1, -0.05) is 141 Å². The van der Waals surface area contributed by atoms with Gasteiger partial charge in [0.2, 0.25) is 0 Å². The third-order valence-corrected chi connectivity index (χ3v) is 9.90. The number of carboxylic acids is 1. The van der Waals surface area contributed by atoms with Crippen LogP contribution < -0.4 is 5.73 Å². The number of esters is 1. The maximum atomic E-state index is 12.6. The zero-order chi connectivity index (χ0) is 38.4. The summed E-state index contributed by atoms with van der Waals surface area (Å²) in [6.45, 7) is 3.84. The molecule has 0 aliphatic heterocycles. The maximum absolute atomic E-state index is 12.6. The minimum Gasteiger partial charge on any atom is -0.480 e. The summed E-state index contributed by atoms with van der Waals surface area (Å²) in [5, 5.41) is 8.88. The molecule has 0 amide bonds. The monoisotopic (exact) mass is 760 g/mol. The molecular formula is C41H78NO9P. The van der Waals surface area contributed by atoms with E-state index in [1.807, 2.05) is 0 Å². The Morgan fingerprint density at radius 3 is 1.50 bits per heavy atom. The van der Waals surface area contributed by atoms with Gasteiger partial charge in [-0.05, 0) is 64.2 Å². The van der Waals surface area contributed by atoms with E-state index in [9.17, 15) is 19.0 Å². The second kappa shape index (κ2) is 37.8. The van der Waals surface area contributed by atoms with E-state index < -0.39 is 45.1 Å². The molecule has 3 atom stereocenters. The first-order valence-corrected chi connectivity index (χ1v) is 22.4. The molecule has 0 aliphatic carbocycles. The maximum Gasteiger partial charge on any atom is 0.472 e. The molecule has 0 bridgehead atoms. The second-order valence-corrected chi connectivity index (χ2v) is 15.6.